The fourth-order valence-corrected chi connectivity index (χ4v) is 0.387. The highest BCUT2D eigenvalue weighted by molar-refractivity contribution is 5.63. The maximum absolute atomic E-state index is 9.87. The number of hydrogen-bond acceptors (Lipinski definition) is 2. The van der Waals surface area contributed by atoms with E-state index in [0.29, 0.717) is 12.5 Å². The molecule has 1 radical (unpaired) electrons. The van der Waals surface area contributed by atoms with E-state index in [9.17, 15) is 4.79 Å². The lowest BCUT2D eigenvalue weighted by atomic mass is 10.1. The van der Waals surface area contributed by atoms with Crippen molar-refractivity contribution in [1.82, 2.24) is 5.73 Å². The second kappa shape index (κ2) is 4.18. The van der Waals surface area contributed by atoms with Gasteiger partial charge in [0.15, 0.2) is 0 Å². The molecular formula is C6H12NO2. The highest BCUT2D eigenvalue weighted by atomic mass is 16.5. The molecule has 0 rings (SSSR count). The maximum atomic E-state index is 9.87. The molecule has 0 fully saturated rings. The first-order valence-corrected chi connectivity index (χ1v) is 3.01. The third kappa shape index (κ3) is 7.27. The lowest BCUT2D eigenvalue weighted by Crippen LogP contribution is -2.05. The van der Waals surface area contributed by atoms with Crippen molar-refractivity contribution in [2.24, 2.45) is 5.92 Å². The molecule has 0 aliphatic carbocycles. The zero-order valence-electron chi connectivity index (χ0n) is 5.81. The van der Waals surface area contributed by atoms with Crippen LogP contribution in [0.25, 0.3) is 0 Å². The summed E-state index contributed by atoms with van der Waals surface area (Å²) in [6.07, 6.45) is -0.0967. The van der Waals surface area contributed by atoms with Gasteiger partial charge in [0, 0.05) is 0 Å². The van der Waals surface area contributed by atoms with Crippen molar-refractivity contribution in [3.8, 4) is 0 Å². The van der Waals surface area contributed by atoms with Gasteiger partial charge in [-0.1, -0.05) is 13.8 Å². The zero-order valence-corrected chi connectivity index (χ0v) is 5.81. The van der Waals surface area contributed by atoms with Gasteiger partial charge in [-0.25, -0.2) is 10.5 Å². The van der Waals surface area contributed by atoms with Gasteiger partial charge in [-0.15, -0.1) is 0 Å². The van der Waals surface area contributed by atoms with Gasteiger partial charge in [-0.3, -0.25) is 0 Å². The summed E-state index contributed by atoms with van der Waals surface area (Å²) in [6.45, 7) is 4.45. The van der Waals surface area contributed by atoms with E-state index in [1.54, 1.807) is 0 Å². The van der Waals surface area contributed by atoms with Crippen molar-refractivity contribution in [2.75, 3.05) is 6.61 Å². The second-order valence-electron chi connectivity index (χ2n) is 2.32. The third-order valence-electron chi connectivity index (χ3n) is 0.928. The van der Waals surface area contributed by atoms with Crippen LogP contribution in [0.2, 0.25) is 0 Å². The Morgan fingerprint density at radius 1 is 1.67 bits per heavy atom. The highest BCUT2D eigenvalue weighted by Crippen LogP contribution is 1.98. The lowest BCUT2D eigenvalue weighted by Gasteiger charge is -2.02. The van der Waals surface area contributed by atoms with E-state index in [-0.39, 0.29) is 0 Å². The van der Waals surface area contributed by atoms with E-state index in [1.807, 2.05) is 13.8 Å². The van der Waals surface area contributed by atoms with E-state index in [0.717, 1.165) is 6.42 Å². The Morgan fingerprint density at radius 2 is 2.22 bits per heavy atom. The quantitative estimate of drug-likeness (QED) is 0.580. The first-order chi connectivity index (χ1) is 4.13. The van der Waals surface area contributed by atoms with Crippen LogP contribution in [0.5, 0.6) is 0 Å². The van der Waals surface area contributed by atoms with Gasteiger partial charge in [-0.05, 0) is 12.3 Å². The van der Waals surface area contributed by atoms with Gasteiger partial charge in [0.25, 0.3) is 0 Å². The van der Waals surface area contributed by atoms with Gasteiger partial charge < -0.3 is 4.74 Å². The summed E-state index contributed by atoms with van der Waals surface area (Å²) < 4.78 is 4.38. The Balaban J connectivity index is 3.01. The fraction of sp³-hybridized carbons (Fsp3) is 0.833. The molecule has 0 atom stereocenters. The number of ether oxygens (including phenoxy) is 1. The second-order valence-corrected chi connectivity index (χ2v) is 2.32. The normalized spacial score (nSPS) is 9.67. The molecule has 9 heavy (non-hydrogen) atoms. The molecule has 0 saturated carbocycles. The summed E-state index contributed by atoms with van der Waals surface area (Å²) in [6, 6.07) is 0. The topological polar surface area (TPSA) is 50.1 Å². The number of amides is 1. The van der Waals surface area contributed by atoms with Crippen molar-refractivity contribution >= 4 is 6.09 Å². The molecule has 0 bridgehead atoms. The van der Waals surface area contributed by atoms with Gasteiger partial charge in [0.2, 0.25) is 0 Å². The molecule has 3 heteroatoms. The molecule has 53 valence electrons. The monoisotopic (exact) mass is 130 g/mol. The molecule has 0 heterocycles. The Kier molecular flexibility index (Phi) is 3.84. The van der Waals surface area contributed by atoms with Gasteiger partial charge in [-0.2, -0.15) is 0 Å². The van der Waals surface area contributed by atoms with Crippen LogP contribution in [0, 0.1) is 5.92 Å². The fourth-order valence-electron chi connectivity index (χ4n) is 0.387. The molecule has 0 aromatic heterocycles. The summed E-state index contributed by atoms with van der Waals surface area (Å²) in [7, 11) is 0. The molecule has 0 saturated heterocycles. The van der Waals surface area contributed by atoms with E-state index < -0.39 is 6.09 Å². The van der Waals surface area contributed by atoms with Crippen molar-refractivity contribution in [3.05, 3.63) is 0 Å². The minimum absolute atomic E-state index is 0.375. The highest BCUT2D eigenvalue weighted by Gasteiger charge is 1.96. The summed E-state index contributed by atoms with van der Waals surface area (Å²) >= 11 is 0. The number of rotatable bonds is 3. The van der Waals surface area contributed by atoms with Gasteiger partial charge >= 0.3 is 6.09 Å². The van der Waals surface area contributed by atoms with Crippen molar-refractivity contribution in [2.45, 2.75) is 20.3 Å². The molecular weight excluding hydrogens is 118 g/mol. The van der Waals surface area contributed by atoms with Crippen molar-refractivity contribution < 1.29 is 9.53 Å². The Hall–Kier alpha value is -0.730. The van der Waals surface area contributed by atoms with Crippen LogP contribution in [0.15, 0.2) is 0 Å². The van der Waals surface area contributed by atoms with Crippen molar-refractivity contribution in [1.29, 1.82) is 0 Å². The molecule has 0 aromatic rings. The molecule has 0 aromatic carbocycles. The van der Waals surface area contributed by atoms with Crippen LogP contribution >= 0.6 is 0 Å². The molecule has 0 spiro atoms. The number of carbonyl (C=O) groups is 1. The average molecular weight is 130 g/mol. The van der Waals surface area contributed by atoms with E-state index in [4.69, 9.17) is 5.73 Å². The molecule has 1 amide bonds. The van der Waals surface area contributed by atoms with E-state index >= 15 is 0 Å². The predicted molar refractivity (Wildman–Crippen MR) is 33.9 cm³/mol. The molecule has 0 aliphatic rings. The number of nitrogens with one attached hydrogen (secondary N) is 1. The lowest BCUT2D eigenvalue weighted by molar-refractivity contribution is 0.149. The first kappa shape index (κ1) is 8.27. The molecule has 0 aliphatic heterocycles. The minimum atomic E-state index is -0.935. The van der Waals surface area contributed by atoms with Crippen LogP contribution in [-0.2, 0) is 4.74 Å². The van der Waals surface area contributed by atoms with Crippen LogP contribution < -0.4 is 5.73 Å². The first-order valence-electron chi connectivity index (χ1n) is 3.01. The summed E-state index contributed by atoms with van der Waals surface area (Å²) in [5.41, 5.74) is 6.36. The standard InChI is InChI=1S/C6H12NO2/c1-5(2)3-4-9-6(7)8/h5,7H,3-4H2,1-2H3. The molecule has 1 N–H and O–H groups in total. The third-order valence-corrected chi connectivity index (χ3v) is 0.928. The minimum Gasteiger partial charge on any atom is -0.448 e. The van der Waals surface area contributed by atoms with Crippen molar-refractivity contribution in [3.63, 3.8) is 0 Å². The summed E-state index contributed by atoms with van der Waals surface area (Å²) in [5, 5.41) is 0. The zero-order chi connectivity index (χ0) is 7.28. The number of carbonyl (C=O) groups excluding carboxylic acids is 1. The molecule has 3 nitrogen and oxygen atoms in total. The SMILES string of the molecule is CC(C)CCOC([NH])=O. The van der Waals surface area contributed by atoms with Crippen LogP contribution in [0.4, 0.5) is 4.79 Å². The van der Waals surface area contributed by atoms with Crippen LogP contribution in [-0.4, -0.2) is 12.7 Å². The average Bonchev–Trinajstić information content (AvgIpc) is 1.63. The Bertz CT molecular complexity index is 91.1. The van der Waals surface area contributed by atoms with E-state index in [1.165, 1.54) is 0 Å². The van der Waals surface area contributed by atoms with Crippen LogP contribution in [0.3, 0.4) is 0 Å². The summed E-state index contributed by atoms with van der Waals surface area (Å²) in [5.74, 6) is 0.532. The maximum Gasteiger partial charge on any atom is 0.426 e. The largest absolute Gasteiger partial charge is 0.448 e. The summed E-state index contributed by atoms with van der Waals surface area (Å²) in [4.78, 5) is 9.87. The Labute approximate surface area is 55.2 Å². The predicted octanol–water partition coefficient (Wildman–Crippen LogP) is 1.45. The smallest absolute Gasteiger partial charge is 0.426 e. The van der Waals surface area contributed by atoms with E-state index in [2.05, 4.69) is 4.74 Å². The number of hydrogen-bond donors (Lipinski definition) is 0. The molecule has 0 unspecified atom stereocenters. The van der Waals surface area contributed by atoms with Crippen LogP contribution in [0.1, 0.15) is 20.3 Å². The van der Waals surface area contributed by atoms with Gasteiger partial charge in [0.1, 0.15) is 0 Å². The Morgan fingerprint density at radius 3 is 2.56 bits per heavy atom. The van der Waals surface area contributed by atoms with Gasteiger partial charge in [0.05, 0.1) is 6.61 Å².